The van der Waals surface area contributed by atoms with Crippen LogP contribution in [0.25, 0.3) is 10.6 Å². The number of rotatable bonds is 6. The third kappa shape index (κ3) is 4.03. The lowest BCUT2D eigenvalue weighted by atomic mass is 10.1. The zero-order chi connectivity index (χ0) is 13.7. The van der Waals surface area contributed by atoms with E-state index in [4.69, 9.17) is 16.3 Å². The highest BCUT2D eigenvalue weighted by molar-refractivity contribution is 7.13. The second-order valence-corrected chi connectivity index (χ2v) is 5.97. The maximum atomic E-state index is 5.81. The van der Waals surface area contributed by atoms with E-state index in [1.165, 1.54) is 5.56 Å². The molecule has 2 rings (SSSR count). The Morgan fingerprint density at radius 2 is 2.11 bits per heavy atom. The maximum Gasteiger partial charge on any atom is 0.124 e. The molecule has 0 atom stereocenters. The van der Waals surface area contributed by atoms with Gasteiger partial charge in [0.1, 0.15) is 5.01 Å². The molecule has 0 aliphatic heterocycles. The van der Waals surface area contributed by atoms with Crippen LogP contribution in [0.3, 0.4) is 0 Å². The van der Waals surface area contributed by atoms with Gasteiger partial charge in [0.25, 0.3) is 0 Å². The van der Waals surface area contributed by atoms with Gasteiger partial charge >= 0.3 is 0 Å². The number of thiazole rings is 1. The Hall–Kier alpha value is -0.900. The highest BCUT2D eigenvalue weighted by Crippen LogP contribution is 2.28. The number of halogens is 1. The van der Waals surface area contributed by atoms with Gasteiger partial charge in [-0.1, -0.05) is 38.1 Å². The normalized spacial score (nSPS) is 11.2. The summed E-state index contributed by atoms with van der Waals surface area (Å²) < 4.78 is 5.73. The molecule has 1 aromatic heterocycles. The van der Waals surface area contributed by atoms with Gasteiger partial charge in [0.15, 0.2) is 0 Å². The first kappa shape index (κ1) is 14.5. The molecule has 0 amide bonds. The van der Waals surface area contributed by atoms with E-state index in [2.05, 4.69) is 31.0 Å². The third-order valence-corrected chi connectivity index (χ3v) is 3.84. The van der Waals surface area contributed by atoms with Crippen molar-refractivity contribution in [2.75, 3.05) is 6.61 Å². The summed E-state index contributed by atoms with van der Waals surface area (Å²) in [7, 11) is 0. The lowest BCUT2D eigenvalue weighted by Crippen LogP contribution is -2.02. The van der Waals surface area contributed by atoms with Gasteiger partial charge < -0.3 is 4.74 Å². The fraction of sp³-hybridized carbons (Fsp3) is 0.400. The van der Waals surface area contributed by atoms with Crippen LogP contribution < -0.4 is 0 Å². The number of hydrogen-bond acceptors (Lipinski definition) is 3. The second-order valence-electron chi connectivity index (χ2n) is 4.84. The van der Waals surface area contributed by atoms with E-state index in [9.17, 15) is 0 Å². The van der Waals surface area contributed by atoms with Gasteiger partial charge in [-0.3, -0.25) is 0 Å². The van der Waals surface area contributed by atoms with Gasteiger partial charge in [0.2, 0.25) is 0 Å². The van der Waals surface area contributed by atoms with Crippen molar-refractivity contribution >= 4 is 22.9 Å². The van der Waals surface area contributed by atoms with Crippen LogP contribution in [-0.4, -0.2) is 11.6 Å². The molecular weight excluding hydrogens is 278 g/mol. The molecule has 4 heteroatoms. The summed E-state index contributed by atoms with van der Waals surface area (Å²) in [6.45, 7) is 5.71. The van der Waals surface area contributed by atoms with Crippen LogP contribution in [0, 0.1) is 5.92 Å². The van der Waals surface area contributed by atoms with Crippen LogP contribution in [-0.2, 0) is 17.2 Å². The Bertz CT molecular complexity index is 524. The fourth-order valence-corrected chi connectivity index (χ4v) is 2.86. The van der Waals surface area contributed by atoms with Crippen LogP contribution in [0.15, 0.2) is 29.6 Å². The van der Waals surface area contributed by atoms with Crippen molar-refractivity contribution in [1.82, 2.24) is 4.98 Å². The maximum absolute atomic E-state index is 5.81. The number of ether oxygens (including phenoxy) is 1. The molecule has 1 aromatic carbocycles. The minimum atomic E-state index is 0.461. The lowest BCUT2D eigenvalue weighted by molar-refractivity contribution is 0.0973. The van der Waals surface area contributed by atoms with E-state index >= 15 is 0 Å². The summed E-state index contributed by atoms with van der Waals surface area (Å²) in [5.41, 5.74) is 3.26. The topological polar surface area (TPSA) is 22.1 Å². The van der Waals surface area contributed by atoms with Crippen LogP contribution in [0.2, 0.25) is 0 Å². The van der Waals surface area contributed by atoms with Crippen LogP contribution in [0.5, 0.6) is 0 Å². The Balaban J connectivity index is 2.15. The molecule has 0 fully saturated rings. The Labute approximate surface area is 123 Å². The summed E-state index contributed by atoms with van der Waals surface area (Å²) in [4.78, 5) is 4.53. The van der Waals surface area contributed by atoms with Gasteiger partial charge in [-0.2, -0.15) is 0 Å². The first-order valence-corrected chi connectivity index (χ1v) is 7.78. The van der Waals surface area contributed by atoms with E-state index in [1.807, 2.05) is 17.5 Å². The molecule has 2 nitrogen and oxygen atoms in total. The summed E-state index contributed by atoms with van der Waals surface area (Å²) in [5.74, 6) is 1.01. The van der Waals surface area contributed by atoms with Crippen molar-refractivity contribution in [2.45, 2.75) is 26.3 Å². The number of benzene rings is 1. The van der Waals surface area contributed by atoms with Crippen molar-refractivity contribution in [2.24, 2.45) is 5.92 Å². The van der Waals surface area contributed by atoms with Crippen LogP contribution in [0.4, 0.5) is 0 Å². The van der Waals surface area contributed by atoms with Crippen molar-refractivity contribution in [3.63, 3.8) is 0 Å². The fourth-order valence-electron chi connectivity index (χ4n) is 1.75. The smallest absolute Gasteiger partial charge is 0.124 e. The predicted octanol–water partition coefficient (Wildman–Crippen LogP) is 4.72. The van der Waals surface area contributed by atoms with Crippen molar-refractivity contribution in [3.8, 4) is 10.6 Å². The molecule has 1 heterocycles. The first-order chi connectivity index (χ1) is 9.20. The first-order valence-electron chi connectivity index (χ1n) is 6.37. The number of nitrogens with zero attached hydrogens (tertiary/aromatic N) is 1. The standard InChI is InChI=1S/C15H18ClNOS/c1-11(2)8-18-9-12-5-3-4-6-14(12)15-17-13(7-16)10-19-15/h3-6,10-11H,7-9H2,1-2H3. The molecular formula is C15H18ClNOS. The van der Waals surface area contributed by atoms with Gasteiger partial charge in [-0.15, -0.1) is 22.9 Å². The average Bonchev–Trinajstić information content (AvgIpc) is 2.87. The second kappa shape index (κ2) is 7.04. The number of hydrogen-bond donors (Lipinski definition) is 0. The molecule has 0 unspecified atom stereocenters. The molecule has 0 spiro atoms. The Morgan fingerprint density at radius 3 is 2.79 bits per heavy atom. The quantitative estimate of drug-likeness (QED) is 0.719. The van der Waals surface area contributed by atoms with E-state index in [0.717, 1.165) is 22.9 Å². The highest BCUT2D eigenvalue weighted by Gasteiger charge is 2.09. The summed E-state index contributed by atoms with van der Waals surface area (Å²) in [6, 6.07) is 8.25. The van der Waals surface area contributed by atoms with Crippen molar-refractivity contribution in [3.05, 3.63) is 40.9 Å². The molecule has 0 saturated heterocycles. The largest absolute Gasteiger partial charge is 0.376 e. The molecule has 0 saturated carbocycles. The van der Waals surface area contributed by atoms with Crippen molar-refractivity contribution in [1.29, 1.82) is 0 Å². The minimum Gasteiger partial charge on any atom is -0.376 e. The van der Waals surface area contributed by atoms with E-state index in [-0.39, 0.29) is 0 Å². The zero-order valence-corrected chi connectivity index (χ0v) is 12.8. The predicted molar refractivity (Wildman–Crippen MR) is 81.6 cm³/mol. The van der Waals surface area contributed by atoms with E-state index in [1.54, 1.807) is 11.3 Å². The average molecular weight is 296 g/mol. The third-order valence-electron chi connectivity index (χ3n) is 2.65. The molecule has 0 N–H and O–H groups in total. The minimum absolute atomic E-state index is 0.461. The van der Waals surface area contributed by atoms with Gasteiger partial charge in [0, 0.05) is 17.6 Å². The zero-order valence-electron chi connectivity index (χ0n) is 11.2. The van der Waals surface area contributed by atoms with Gasteiger partial charge in [-0.25, -0.2) is 4.98 Å². The highest BCUT2D eigenvalue weighted by atomic mass is 35.5. The van der Waals surface area contributed by atoms with Crippen LogP contribution in [0.1, 0.15) is 25.1 Å². The Kier molecular flexibility index (Phi) is 5.37. The van der Waals surface area contributed by atoms with Gasteiger partial charge in [0.05, 0.1) is 18.2 Å². The summed E-state index contributed by atoms with van der Waals surface area (Å²) >= 11 is 7.44. The Morgan fingerprint density at radius 1 is 1.32 bits per heavy atom. The molecule has 2 aromatic rings. The van der Waals surface area contributed by atoms with E-state index in [0.29, 0.717) is 18.4 Å². The van der Waals surface area contributed by atoms with Crippen molar-refractivity contribution < 1.29 is 4.74 Å². The number of aromatic nitrogens is 1. The van der Waals surface area contributed by atoms with E-state index < -0.39 is 0 Å². The molecule has 102 valence electrons. The van der Waals surface area contributed by atoms with Gasteiger partial charge in [-0.05, 0) is 11.5 Å². The molecule has 0 aliphatic rings. The SMILES string of the molecule is CC(C)COCc1ccccc1-c1nc(CCl)cs1. The molecule has 19 heavy (non-hydrogen) atoms. The van der Waals surface area contributed by atoms with Crippen LogP contribution >= 0.6 is 22.9 Å². The number of alkyl halides is 1. The molecule has 0 aliphatic carbocycles. The monoisotopic (exact) mass is 295 g/mol. The molecule has 0 bridgehead atoms. The lowest BCUT2D eigenvalue weighted by Gasteiger charge is -2.09. The molecule has 0 radical (unpaired) electrons. The summed E-state index contributed by atoms with van der Waals surface area (Å²) in [6.07, 6.45) is 0. The summed E-state index contributed by atoms with van der Waals surface area (Å²) in [5, 5.41) is 3.02.